The van der Waals surface area contributed by atoms with Crippen molar-refractivity contribution in [2.24, 2.45) is 0 Å². The van der Waals surface area contributed by atoms with Crippen molar-refractivity contribution in [1.29, 1.82) is 0 Å². The van der Waals surface area contributed by atoms with Gasteiger partial charge in [-0.15, -0.1) is 0 Å². The van der Waals surface area contributed by atoms with Crippen molar-refractivity contribution in [3.05, 3.63) is 57.8 Å². The summed E-state index contributed by atoms with van der Waals surface area (Å²) in [5.41, 5.74) is 1.45. The van der Waals surface area contributed by atoms with Crippen molar-refractivity contribution in [2.75, 3.05) is 21.3 Å². The van der Waals surface area contributed by atoms with E-state index in [-0.39, 0.29) is 11.9 Å². The Morgan fingerprint density at radius 3 is 2.38 bits per heavy atom. The Morgan fingerprint density at radius 2 is 1.81 bits per heavy atom. The molecule has 0 amide bonds. The number of halogens is 2. The molecule has 2 aromatic rings. The summed E-state index contributed by atoms with van der Waals surface area (Å²) in [6.45, 7) is 0. The average Bonchev–Trinajstić information content (AvgIpc) is 2.50. The maximum Gasteiger partial charge on any atom is 0.161 e. The van der Waals surface area contributed by atoms with Crippen LogP contribution in [-0.2, 0) is 0 Å². The van der Waals surface area contributed by atoms with E-state index in [0.29, 0.717) is 17.1 Å². The number of nitrogens with one attached hydrogen (secondary N) is 1. The largest absolute Gasteiger partial charge is 0.493 e. The van der Waals surface area contributed by atoms with Crippen LogP contribution in [-0.4, -0.2) is 21.3 Å². The molecular weight excluding hydrogens is 337 g/mol. The molecule has 0 aliphatic carbocycles. The summed E-state index contributed by atoms with van der Waals surface area (Å²) in [4.78, 5) is 0. The molecule has 0 saturated heterocycles. The maximum absolute atomic E-state index is 14.2. The molecule has 1 atom stereocenters. The zero-order valence-corrected chi connectivity index (χ0v) is 13.7. The third-order valence-electron chi connectivity index (χ3n) is 3.32. The molecule has 21 heavy (non-hydrogen) atoms. The highest BCUT2D eigenvalue weighted by molar-refractivity contribution is 9.10. The molecule has 0 aliphatic heterocycles. The van der Waals surface area contributed by atoms with Gasteiger partial charge < -0.3 is 14.8 Å². The Kier molecular flexibility index (Phi) is 5.20. The van der Waals surface area contributed by atoms with Gasteiger partial charge in [0.15, 0.2) is 11.5 Å². The summed E-state index contributed by atoms with van der Waals surface area (Å²) < 4.78 is 25.4. The van der Waals surface area contributed by atoms with E-state index in [1.54, 1.807) is 27.3 Å². The van der Waals surface area contributed by atoms with Gasteiger partial charge in [-0.1, -0.05) is 28.1 Å². The van der Waals surface area contributed by atoms with Crippen molar-refractivity contribution in [1.82, 2.24) is 5.32 Å². The highest BCUT2D eigenvalue weighted by Crippen LogP contribution is 2.35. The van der Waals surface area contributed by atoms with Gasteiger partial charge in [0.05, 0.1) is 20.3 Å². The summed E-state index contributed by atoms with van der Waals surface area (Å²) in [6.07, 6.45) is 0. The van der Waals surface area contributed by atoms with E-state index in [1.807, 2.05) is 24.3 Å². The lowest BCUT2D eigenvalue weighted by Gasteiger charge is -2.20. The number of benzene rings is 2. The predicted octanol–water partition coefficient (Wildman–Crippen LogP) is 3.91. The Morgan fingerprint density at radius 1 is 1.10 bits per heavy atom. The SMILES string of the molecule is CNC(c1ccc(OC)c(OC)c1)c1c(F)cccc1Br. The van der Waals surface area contributed by atoms with Gasteiger partial charge in [-0.3, -0.25) is 0 Å². The fourth-order valence-electron chi connectivity index (χ4n) is 2.30. The second kappa shape index (κ2) is 6.91. The molecule has 5 heteroatoms. The van der Waals surface area contributed by atoms with E-state index < -0.39 is 0 Å². The molecule has 2 aromatic carbocycles. The van der Waals surface area contributed by atoms with E-state index in [0.717, 1.165) is 10.0 Å². The quantitative estimate of drug-likeness (QED) is 0.883. The van der Waals surface area contributed by atoms with Crippen molar-refractivity contribution >= 4 is 15.9 Å². The molecule has 0 aliphatic rings. The van der Waals surface area contributed by atoms with E-state index >= 15 is 0 Å². The Hall–Kier alpha value is -1.59. The van der Waals surface area contributed by atoms with Crippen LogP contribution in [0.5, 0.6) is 11.5 Å². The zero-order chi connectivity index (χ0) is 15.4. The van der Waals surface area contributed by atoms with Gasteiger partial charge in [0.2, 0.25) is 0 Å². The van der Waals surface area contributed by atoms with Crippen LogP contribution >= 0.6 is 15.9 Å². The second-order valence-corrected chi connectivity index (χ2v) is 5.33. The number of methoxy groups -OCH3 is 2. The fourth-order valence-corrected chi connectivity index (χ4v) is 2.87. The van der Waals surface area contributed by atoms with Gasteiger partial charge in [-0.25, -0.2) is 4.39 Å². The van der Waals surface area contributed by atoms with Gasteiger partial charge in [-0.05, 0) is 36.9 Å². The van der Waals surface area contributed by atoms with Crippen LogP contribution in [0.3, 0.4) is 0 Å². The van der Waals surface area contributed by atoms with Crippen LogP contribution in [0, 0.1) is 5.82 Å². The normalized spacial score (nSPS) is 12.0. The Bertz CT molecular complexity index is 613. The van der Waals surface area contributed by atoms with E-state index in [4.69, 9.17) is 9.47 Å². The molecule has 1 N–H and O–H groups in total. The Balaban J connectivity index is 2.51. The van der Waals surface area contributed by atoms with Crippen LogP contribution in [0.2, 0.25) is 0 Å². The molecule has 0 bridgehead atoms. The maximum atomic E-state index is 14.2. The molecule has 0 aromatic heterocycles. The van der Waals surface area contributed by atoms with Crippen molar-refractivity contribution in [2.45, 2.75) is 6.04 Å². The first-order valence-electron chi connectivity index (χ1n) is 6.45. The third-order valence-corrected chi connectivity index (χ3v) is 4.01. The predicted molar refractivity (Wildman–Crippen MR) is 84.5 cm³/mol. The van der Waals surface area contributed by atoms with E-state index in [1.165, 1.54) is 6.07 Å². The monoisotopic (exact) mass is 353 g/mol. The standard InChI is InChI=1S/C16H17BrFNO2/c1-19-16(15-11(17)5-4-6-12(15)18)10-7-8-13(20-2)14(9-10)21-3/h4-9,16,19H,1-3H3. The van der Waals surface area contributed by atoms with Crippen molar-refractivity contribution in [3.63, 3.8) is 0 Å². The molecule has 3 nitrogen and oxygen atoms in total. The first-order valence-corrected chi connectivity index (χ1v) is 7.24. The Labute approximate surface area is 132 Å². The highest BCUT2D eigenvalue weighted by Gasteiger charge is 2.20. The summed E-state index contributed by atoms with van der Waals surface area (Å²) in [5, 5.41) is 3.14. The van der Waals surface area contributed by atoms with E-state index in [2.05, 4.69) is 21.2 Å². The molecule has 0 saturated carbocycles. The van der Waals surface area contributed by atoms with Crippen LogP contribution in [0.1, 0.15) is 17.2 Å². The van der Waals surface area contributed by atoms with Crippen LogP contribution < -0.4 is 14.8 Å². The van der Waals surface area contributed by atoms with Crippen molar-refractivity contribution in [3.8, 4) is 11.5 Å². The zero-order valence-electron chi connectivity index (χ0n) is 12.1. The summed E-state index contributed by atoms with van der Waals surface area (Å²) in [6, 6.07) is 10.2. The molecule has 0 heterocycles. The summed E-state index contributed by atoms with van der Waals surface area (Å²) >= 11 is 3.41. The molecule has 112 valence electrons. The topological polar surface area (TPSA) is 30.5 Å². The number of rotatable bonds is 5. The number of ether oxygens (including phenoxy) is 2. The summed E-state index contributed by atoms with van der Waals surface area (Å²) in [7, 11) is 4.95. The van der Waals surface area contributed by atoms with Gasteiger partial charge in [0.1, 0.15) is 5.82 Å². The molecule has 0 radical (unpaired) electrons. The van der Waals surface area contributed by atoms with Crippen LogP contribution in [0.4, 0.5) is 4.39 Å². The van der Waals surface area contributed by atoms with Gasteiger partial charge in [-0.2, -0.15) is 0 Å². The van der Waals surface area contributed by atoms with Crippen LogP contribution in [0.15, 0.2) is 40.9 Å². The molecule has 0 fully saturated rings. The van der Waals surface area contributed by atoms with Gasteiger partial charge in [0.25, 0.3) is 0 Å². The molecule has 1 unspecified atom stereocenters. The van der Waals surface area contributed by atoms with Gasteiger partial charge >= 0.3 is 0 Å². The number of hydrogen-bond acceptors (Lipinski definition) is 3. The minimum absolute atomic E-state index is 0.265. The third kappa shape index (κ3) is 3.19. The first-order chi connectivity index (χ1) is 10.1. The molecular formula is C16H17BrFNO2. The molecule has 2 rings (SSSR count). The second-order valence-electron chi connectivity index (χ2n) is 4.47. The lowest BCUT2D eigenvalue weighted by Crippen LogP contribution is -2.19. The van der Waals surface area contributed by atoms with E-state index in [9.17, 15) is 4.39 Å². The van der Waals surface area contributed by atoms with Gasteiger partial charge in [0, 0.05) is 10.0 Å². The lowest BCUT2D eigenvalue weighted by molar-refractivity contribution is 0.354. The highest BCUT2D eigenvalue weighted by atomic mass is 79.9. The molecule has 0 spiro atoms. The minimum atomic E-state index is -0.291. The fraction of sp³-hybridized carbons (Fsp3) is 0.250. The summed E-state index contributed by atoms with van der Waals surface area (Å²) in [5.74, 6) is 0.991. The lowest BCUT2D eigenvalue weighted by atomic mass is 9.98. The van der Waals surface area contributed by atoms with Crippen LogP contribution in [0.25, 0.3) is 0 Å². The minimum Gasteiger partial charge on any atom is -0.493 e. The smallest absolute Gasteiger partial charge is 0.161 e. The first kappa shape index (κ1) is 15.8. The average molecular weight is 354 g/mol. The van der Waals surface area contributed by atoms with Crippen molar-refractivity contribution < 1.29 is 13.9 Å². The number of hydrogen-bond donors (Lipinski definition) is 1.